The molecule has 2 heterocycles. The molecule has 1 aliphatic rings. The van der Waals surface area contributed by atoms with Gasteiger partial charge in [0.15, 0.2) is 6.20 Å². The molecule has 0 saturated heterocycles. The number of nitrogens with two attached hydrogens (primary N) is 1. The van der Waals surface area contributed by atoms with E-state index < -0.39 is 5.97 Å². The van der Waals surface area contributed by atoms with Crippen LogP contribution in [-0.4, -0.2) is 28.5 Å². The number of nitrogen functional groups attached to an aromatic ring is 1. The minimum atomic E-state index is -0.396. The molecule has 2 atom stereocenters. The number of hydrogen-bond acceptors (Lipinski definition) is 5. The summed E-state index contributed by atoms with van der Waals surface area (Å²) < 4.78 is 13.4. The van der Waals surface area contributed by atoms with Crippen LogP contribution in [0, 0.1) is 0 Å². The van der Waals surface area contributed by atoms with Crippen LogP contribution in [0.25, 0.3) is 38.8 Å². The normalized spacial score (nSPS) is 15.4. The Morgan fingerprint density at radius 2 is 1.63 bits per heavy atom. The van der Waals surface area contributed by atoms with Gasteiger partial charge in [0.1, 0.15) is 17.9 Å². The molecule has 1 unspecified atom stereocenters. The quantitative estimate of drug-likeness (QED) is 0.0773. The Morgan fingerprint density at radius 1 is 0.935 bits per heavy atom. The first-order valence-corrected chi connectivity index (χ1v) is 14.9. The summed E-state index contributed by atoms with van der Waals surface area (Å²) >= 11 is 0. The molecule has 1 saturated carbocycles. The molecule has 6 N–H and O–H groups in total. The van der Waals surface area contributed by atoms with Crippen molar-refractivity contribution in [3.63, 3.8) is 0 Å². The minimum Gasteiger partial charge on any atom is -0.676 e. The molecule has 0 amide bonds. The largest absolute Gasteiger partial charge is 2.00 e. The minimum absolute atomic E-state index is 0. The molecule has 242 valence electrons. The van der Waals surface area contributed by atoms with Gasteiger partial charge in [0, 0.05) is 34.3 Å². The Bertz CT molecular complexity index is 1740. The van der Waals surface area contributed by atoms with Gasteiger partial charge in [-0.2, -0.15) is 16.7 Å². The van der Waals surface area contributed by atoms with Gasteiger partial charge in [0.2, 0.25) is 5.52 Å². The second-order valence-corrected chi connectivity index (χ2v) is 11.0. The smallest absolute Gasteiger partial charge is 0.676 e. The van der Waals surface area contributed by atoms with Gasteiger partial charge >= 0.3 is 27.0 Å². The number of carbonyl (C=O) groups is 1. The van der Waals surface area contributed by atoms with Crippen LogP contribution < -0.4 is 15.0 Å². The average molecular weight is 802 g/mol. The van der Waals surface area contributed by atoms with Gasteiger partial charge in [-0.15, -0.1) is 0 Å². The molecule has 1 fully saturated rings. The topological polar surface area (TPSA) is 157 Å². The van der Waals surface area contributed by atoms with E-state index >= 15 is 0 Å². The number of esters is 1. The van der Waals surface area contributed by atoms with Crippen molar-refractivity contribution in [1.82, 2.24) is 4.98 Å². The molecule has 3 aromatic carbocycles. The van der Waals surface area contributed by atoms with E-state index in [9.17, 15) is 4.79 Å². The summed E-state index contributed by atoms with van der Waals surface area (Å²) in [5.74, 6) is 0.260. The third kappa shape index (κ3) is 9.44. The van der Waals surface area contributed by atoms with Crippen molar-refractivity contribution in [2.75, 3.05) is 5.73 Å². The molecule has 2 aromatic heterocycles. The number of ether oxygens (including phenoxy) is 2. The number of nitrogens with zero attached hydrogens (tertiary/aromatic N) is 2. The number of rotatable bonds is 8. The Morgan fingerprint density at radius 3 is 2.35 bits per heavy atom. The molecule has 1 aliphatic carbocycles. The van der Waals surface area contributed by atoms with E-state index in [1.54, 1.807) is 12.3 Å². The summed E-state index contributed by atoms with van der Waals surface area (Å²) in [6.45, 7) is 4.58. The van der Waals surface area contributed by atoms with Crippen molar-refractivity contribution in [3.05, 3.63) is 126 Å². The van der Waals surface area contributed by atoms with Gasteiger partial charge in [-0.3, -0.25) is 4.79 Å². The number of benzene rings is 3. The van der Waals surface area contributed by atoms with Gasteiger partial charge < -0.3 is 32.2 Å². The van der Waals surface area contributed by atoms with Crippen molar-refractivity contribution in [2.24, 2.45) is 0 Å². The van der Waals surface area contributed by atoms with Crippen LogP contribution in [0.1, 0.15) is 43.2 Å². The summed E-state index contributed by atoms with van der Waals surface area (Å²) in [4.78, 5) is 17.3. The van der Waals surface area contributed by atoms with E-state index in [-0.39, 0.29) is 51.8 Å². The summed E-state index contributed by atoms with van der Waals surface area (Å²) in [5, 5.41) is 2.04. The fourth-order valence-corrected chi connectivity index (χ4v) is 5.28. The number of fused-ring (bicyclic) bond motifs is 3. The Hall–Kier alpha value is -4.14. The zero-order valence-corrected chi connectivity index (χ0v) is 27.8. The Labute approximate surface area is 284 Å². The predicted octanol–water partition coefficient (Wildman–Crippen LogP) is 7.02. The van der Waals surface area contributed by atoms with Gasteiger partial charge in [-0.05, 0) is 47.5 Å². The molecule has 0 bridgehead atoms. The van der Waals surface area contributed by atoms with Gasteiger partial charge in [-0.1, -0.05) is 74.7 Å². The average Bonchev–Trinajstić information content (AvgIpc) is 3.05. The summed E-state index contributed by atoms with van der Waals surface area (Å²) in [6.07, 6.45) is 7.90. The van der Waals surface area contributed by atoms with Crippen molar-refractivity contribution < 1.29 is 45.4 Å². The molecule has 6 rings (SSSR count). The summed E-state index contributed by atoms with van der Waals surface area (Å²) in [6, 6.07) is 27.0. The monoisotopic (exact) mass is 801 g/mol. The summed E-state index contributed by atoms with van der Waals surface area (Å²) in [7, 11) is 0. The number of pyridine rings is 2. The number of aromatic nitrogens is 2. The zero-order chi connectivity index (χ0) is 30.9. The number of nitrogens with one attached hydrogen (secondary N) is 2. The van der Waals surface area contributed by atoms with Crippen LogP contribution in [0.15, 0.2) is 104 Å². The predicted molar refractivity (Wildman–Crippen MR) is 179 cm³/mol. The maximum absolute atomic E-state index is 12.7. The molecule has 0 spiro atoms. The van der Waals surface area contributed by atoms with E-state index in [2.05, 4.69) is 11.6 Å². The van der Waals surface area contributed by atoms with Crippen LogP contribution in [0.2, 0.25) is 0 Å². The van der Waals surface area contributed by atoms with Crippen LogP contribution in [0.4, 0.5) is 5.69 Å². The zero-order valence-electron chi connectivity index (χ0n) is 25.6. The van der Waals surface area contributed by atoms with Crippen molar-refractivity contribution in [2.45, 2.75) is 57.5 Å². The maximum atomic E-state index is 12.7. The van der Waals surface area contributed by atoms with Gasteiger partial charge in [0.25, 0.3) is 6.73 Å². The maximum Gasteiger partial charge on any atom is 2.00 e. The van der Waals surface area contributed by atoms with E-state index in [1.807, 2.05) is 89.6 Å². The molecule has 10 heteroatoms. The van der Waals surface area contributed by atoms with E-state index in [0.717, 1.165) is 40.2 Å². The van der Waals surface area contributed by atoms with Crippen molar-refractivity contribution in [3.8, 4) is 5.75 Å². The number of carbonyl (C=O) groups excluding carboxylic acids is 1. The first kappa shape index (κ1) is 36.3. The number of hydrogen-bond donors (Lipinski definition) is 1. The molecular formula is C36H40N5O4Pt+. The van der Waals surface area contributed by atoms with E-state index in [4.69, 9.17) is 26.7 Å². The molecule has 0 aliphatic heterocycles. The fourth-order valence-electron chi connectivity index (χ4n) is 5.28. The SMILES string of the molecule is C=C(CC(=O)OC[n+]1cccc2ccc3cccnc3c21)c1cc(OCc2ccccc2)ccc1N.O.[NH-]C1CCCC[C@@H]1[NH-].[Pt+2]. The van der Waals surface area contributed by atoms with Crippen LogP contribution in [-0.2, 0) is 43.9 Å². The third-order valence-electron chi connectivity index (χ3n) is 7.75. The van der Waals surface area contributed by atoms with E-state index in [0.29, 0.717) is 29.2 Å². The van der Waals surface area contributed by atoms with E-state index in [1.165, 1.54) is 12.8 Å². The molecule has 5 aromatic rings. The van der Waals surface area contributed by atoms with Gasteiger partial charge in [-0.25, -0.2) is 4.98 Å². The second-order valence-electron chi connectivity index (χ2n) is 11.0. The second kappa shape index (κ2) is 17.5. The van der Waals surface area contributed by atoms with Crippen molar-refractivity contribution in [1.29, 1.82) is 0 Å². The van der Waals surface area contributed by atoms with Crippen LogP contribution >= 0.6 is 0 Å². The molecular weight excluding hydrogens is 762 g/mol. The van der Waals surface area contributed by atoms with Gasteiger partial charge in [0.05, 0.1) is 6.42 Å². The standard InChI is InChI=1S/C30H26N3O3.C6H12N2.H2O.Pt/c1-21(26-18-25(13-14-27(26)31)35-19-22-7-3-2-4-8-22)17-28(34)36-20-33-16-6-10-24-12-11-23-9-5-15-32-29(23)30(24)33;7-5-3-1-2-4-6(5)8;;/h2-16,18H,1,17,19-20,31H2;5-8H,1-4H2;1H2;/q+1;-2;;+2/t;5-,6?;;/m.0../s1. The first-order valence-electron chi connectivity index (χ1n) is 14.9. The fraction of sp³-hybridized carbons (Fsp3) is 0.250. The molecule has 0 radical (unpaired) electrons. The molecule has 9 nitrogen and oxygen atoms in total. The summed E-state index contributed by atoms with van der Waals surface area (Å²) in [5.41, 5.74) is 25.4. The number of anilines is 1. The van der Waals surface area contributed by atoms with Crippen molar-refractivity contribution >= 4 is 39.0 Å². The Balaban J connectivity index is 0.000000505. The van der Waals surface area contributed by atoms with Crippen LogP contribution in [0.3, 0.4) is 0 Å². The first-order chi connectivity index (χ1) is 21.4. The molecule has 46 heavy (non-hydrogen) atoms. The van der Waals surface area contributed by atoms with Crippen LogP contribution in [0.5, 0.6) is 5.75 Å². The third-order valence-corrected chi connectivity index (χ3v) is 7.75. The Kier molecular flexibility index (Phi) is 13.8.